The van der Waals surface area contributed by atoms with Crippen LogP contribution in [-0.2, 0) is 0 Å². The molecule has 1 nitrogen and oxygen atoms in total. The fraction of sp³-hybridized carbons (Fsp3) is 1.00. The molecule has 1 saturated carbocycles. The van der Waals surface area contributed by atoms with Crippen LogP contribution in [0.2, 0.25) is 0 Å². The van der Waals surface area contributed by atoms with Crippen molar-refractivity contribution in [1.82, 2.24) is 0 Å². The molecule has 1 aliphatic rings. The summed E-state index contributed by atoms with van der Waals surface area (Å²) in [5.41, 5.74) is -0.0870. The zero-order valence-electron chi connectivity index (χ0n) is 9.07. The van der Waals surface area contributed by atoms with Crippen LogP contribution >= 0.6 is 0 Å². The molecule has 0 radical (unpaired) electrons. The zero-order valence-corrected chi connectivity index (χ0v) is 9.07. The van der Waals surface area contributed by atoms with Crippen LogP contribution in [0.5, 0.6) is 0 Å². The molecule has 0 saturated heterocycles. The Labute approximate surface area is 76.2 Å². The van der Waals surface area contributed by atoms with Gasteiger partial charge in [0.05, 0.1) is 5.60 Å². The minimum absolute atomic E-state index is 0.0858. The molecular weight excluding hydrogens is 148 g/mol. The van der Waals surface area contributed by atoms with Crippen LogP contribution in [0.4, 0.5) is 0 Å². The van der Waals surface area contributed by atoms with Gasteiger partial charge in [-0.15, -0.1) is 0 Å². The molecule has 1 unspecified atom stereocenters. The Hall–Kier alpha value is -0.0400. The van der Waals surface area contributed by atoms with Crippen molar-refractivity contribution in [2.45, 2.75) is 59.5 Å². The molecule has 1 atom stereocenters. The van der Waals surface area contributed by atoms with Crippen molar-refractivity contribution >= 4 is 0 Å². The Morgan fingerprint density at radius 2 is 1.42 bits per heavy atom. The Kier molecular flexibility index (Phi) is 2.07. The first kappa shape index (κ1) is 10.0. The molecule has 0 aromatic carbocycles. The van der Waals surface area contributed by atoms with Crippen molar-refractivity contribution in [1.29, 1.82) is 0 Å². The van der Waals surface area contributed by atoms with Crippen molar-refractivity contribution in [2.24, 2.45) is 10.8 Å². The highest BCUT2D eigenvalue weighted by molar-refractivity contribution is 4.98. The number of rotatable bonds is 0. The Balaban J connectivity index is 2.82. The maximum atomic E-state index is 10.2. The molecule has 72 valence electrons. The second-order valence-electron chi connectivity index (χ2n) is 6.00. The standard InChI is InChI=1S/C11H22O/c1-9(2)6-7-10(3,4)11(5,12)8-9/h12H,6-8H2,1-5H3. The van der Waals surface area contributed by atoms with Crippen molar-refractivity contribution in [2.75, 3.05) is 0 Å². The molecule has 1 fully saturated rings. The van der Waals surface area contributed by atoms with Gasteiger partial charge in [-0.3, -0.25) is 0 Å². The van der Waals surface area contributed by atoms with E-state index < -0.39 is 5.60 Å². The average molecular weight is 170 g/mol. The third kappa shape index (κ3) is 1.66. The normalized spacial score (nSPS) is 39.5. The van der Waals surface area contributed by atoms with E-state index in [1.54, 1.807) is 0 Å². The lowest BCUT2D eigenvalue weighted by Crippen LogP contribution is -2.49. The van der Waals surface area contributed by atoms with E-state index in [-0.39, 0.29) is 5.41 Å². The monoisotopic (exact) mass is 170 g/mol. The Bertz CT molecular complexity index is 177. The van der Waals surface area contributed by atoms with Crippen LogP contribution in [0, 0.1) is 10.8 Å². The predicted molar refractivity (Wildman–Crippen MR) is 52.0 cm³/mol. The summed E-state index contributed by atoms with van der Waals surface area (Å²) in [6, 6.07) is 0. The van der Waals surface area contributed by atoms with Gasteiger partial charge in [0.1, 0.15) is 0 Å². The van der Waals surface area contributed by atoms with Gasteiger partial charge in [0, 0.05) is 0 Å². The molecule has 0 aromatic rings. The summed E-state index contributed by atoms with van der Waals surface area (Å²) in [5.74, 6) is 0. The van der Waals surface area contributed by atoms with E-state index in [1.165, 1.54) is 6.42 Å². The smallest absolute Gasteiger partial charge is 0.0675 e. The molecular formula is C11H22O. The maximum Gasteiger partial charge on any atom is 0.0675 e. The van der Waals surface area contributed by atoms with Gasteiger partial charge in [0.15, 0.2) is 0 Å². The van der Waals surface area contributed by atoms with Crippen LogP contribution in [-0.4, -0.2) is 10.7 Å². The van der Waals surface area contributed by atoms with Crippen LogP contribution in [0.25, 0.3) is 0 Å². The van der Waals surface area contributed by atoms with E-state index in [0.29, 0.717) is 5.41 Å². The summed E-state index contributed by atoms with van der Waals surface area (Å²) in [4.78, 5) is 0. The quantitative estimate of drug-likeness (QED) is 0.592. The summed E-state index contributed by atoms with van der Waals surface area (Å²) in [5, 5.41) is 10.2. The minimum Gasteiger partial charge on any atom is -0.390 e. The summed E-state index contributed by atoms with van der Waals surface area (Å²) >= 11 is 0. The maximum absolute atomic E-state index is 10.2. The highest BCUT2D eigenvalue weighted by Crippen LogP contribution is 2.50. The molecule has 0 amide bonds. The number of hydrogen-bond donors (Lipinski definition) is 1. The van der Waals surface area contributed by atoms with E-state index in [2.05, 4.69) is 27.7 Å². The lowest BCUT2D eigenvalue weighted by Gasteiger charge is -2.50. The van der Waals surface area contributed by atoms with Crippen molar-refractivity contribution in [3.8, 4) is 0 Å². The van der Waals surface area contributed by atoms with Gasteiger partial charge < -0.3 is 5.11 Å². The molecule has 0 aromatic heterocycles. The number of aliphatic hydroxyl groups is 1. The van der Waals surface area contributed by atoms with Gasteiger partial charge in [-0.2, -0.15) is 0 Å². The fourth-order valence-corrected chi connectivity index (χ4v) is 2.18. The topological polar surface area (TPSA) is 20.2 Å². The first-order valence-corrected chi connectivity index (χ1v) is 4.89. The SMILES string of the molecule is CC1(C)CCC(C)(C)C(C)(O)C1. The zero-order chi connectivity index (χ0) is 9.62. The van der Waals surface area contributed by atoms with Crippen LogP contribution < -0.4 is 0 Å². The molecule has 1 N–H and O–H groups in total. The van der Waals surface area contributed by atoms with E-state index in [9.17, 15) is 5.11 Å². The van der Waals surface area contributed by atoms with E-state index in [4.69, 9.17) is 0 Å². The molecule has 0 aliphatic heterocycles. The highest BCUT2D eigenvalue weighted by atomic mass is 16.3. The molecule has 12 heavy (non-hydrogen) atoms. The lowest BCUT2D eigenvalue weighted by atomic mass is 9.59. The van der Waals surface area contributed by atoms with Crippen molar-refractivity contribution < 1.29 is 5.11 Å². The van der Waals surface area contributed by atoms with Gasteiger partial charge in [-0.1, -0.05) is 27.7 Å². The van der Waals surface area contributed by atoms with Crippen LogP contribution in [0.1, 0.15) is 53.9 Å². The molecule has 1 heteroatoms. The largest absolute Gasteiger partial charge is 0.390 e. The summed E-state index contributed by atoms with van der Waals surface area (Å²) < 4.78 is 0. The van der Waals surface area contributed by atoms with Crippen LogP contribution in [0.15, 0.2) is 0 Å². The predicted octanol–water partition coefficient (Wildman–Crippen LogP) is 2.97. The van der Waals surface area contributed by atoms with Gasteiger partial charge in [-0.25, -0.2) is 0 Å². The average Bonchev–Trinajstić information content (AvgIpc) is 1.79. The number of hydrogen-bond acceptors (Lipinski definition) is 1. The first-order chi connectivity index (χ1) is 5.16. The van der Waals surface area contributed by atoms with Gasteiger partial charge in [-0.05, 0) is 37.0 Å². The fourth-order valence-electron chi connectivity index (χ4n) is 2.18. The third-order valence-corrected chi connectivity index (χ3v) is 3.71. The lowest BCUT2D eigenvalue weighted by molar-refractivity contribution is -0.116. The van der Waals surface area contributed by atoms with Crippen molar-refractivity contribution in [3.05, 3.63) is 0 Å². The van der Waals surface area contributed by atoms with Gasteiger partial charge in [0.25, 0.3) is 0 Å². The Morgan fingerprint density at radius 1 is 0.917 bits per heavy atom. The van der Waals surface area contributed by atoms with Gasteiger partial charge >= 0.3 is 0 Å². The minimum atomic E-state index is -0.491. The summed E-state index contributed by atoms with van der Waals surface area (Å²) in [7, 11) is 0. The first-order valence-electron chi connectivity index (χ1n) is 4.89. The van der Waals surface area contributed by atoms with E-state index in [1.807, 2.05) is 6.92 Å². The third-order valence-electron chi connectivity index (χ3n) is 3.71. The molecule has 0 bridgehead atoms. The van der Waals surface area contributed by atoms with Crippen LogP contribution in [0.3, 0.4) is 0 Å². The van der Waals surface area contributed by atoms with Gasteiger partial charge in [0.2, 0.25) is 0 Å². The van der Waals surface area contributed by atoms with E-state index in [0.717, 1.165) is 12.8 Å². The second kappa shape index (κ2) is 2.47. The molecule has 0 heterocycles. The molecule has 1 rings (SSSR count). The Morgan fingerprint density at radius 3 is 1.75 bits per heavy atom. The molecule has 1 aliphatic carbocycles. The van der Waals surface area contributed by atoms with E-state index >= 15 is 0 Å². The highest BCUT2D eigenvalue weighted by Gasteiger charge is 2.47. The summed E-state index contributed by atoms with van der Waals surface area (Å²) in [6.07, 6.45) is 3.29. The molecule has 0 spiro atoms. The van der Waals surface area contributed by atoms with Crippen molar-refractivity contribution in [3.63, 3.8) is 0 Å². The summed E-state index contributed by atoms with van der Waals surface area (Å²) in [6.45, 7) is 10.8. The second-order valence-corrected chi connectivity index (χ2v) is 6.00.